The number of hydrogen-bond donors (Lipinski definition) is 0. The average molecular weight is 245 g/mol. The lowest BCUT2D eigenvalue weighted by molar-refractivity contribution is -0.137. The maximum Gasteiger partial charge on any atom is 0.417 e. The maximum atomic E-state index is 12.7. The Morgan fingerprint density at radius 2 is 1.88 bits per heavy atom. The predicted octanol–water partition coefficient (Wildman–Crippen LogP) is 2.69. The Bertz CT molecular complexity index is 505. The summed E-state index contributed by atoms with van der Waals surface area (Å²) in [5.74, 6) is 0. The molecule has 0 radical (unpaired) electrons. The molecule has 0 fully saturated rings. The summed E-state index contributed by atoms with van der Waals surface area (Å²) in [5, 5.41) is 1.20. The smallest absolute Gasteiger partial charge is 0.248 e. The highest BCUT2D eigenvalue weighted by Gasteiger charge is 2.35. The highest BCUT2D eigenvalue weighted by Crippen LogP contribution is 2.33. The van der Waals surface area contributed by atoms with E-state index in [-0.39, 0.29) is 10.6 Å². The van der Waals surface area contributed by atoms with E-state index in [4.69, 9.17) is 0 Å². The van der Waals surface area contributed by atoms with Crippen LogP contribution in [-0.4, -0.2) is 9.25 Å². The molecule has 1 atom stereocenters. The molecule has 0 N–H and O–H groups in total. The molecule has 1 aliphatic heterocycles. The van der Waals surface area contributed by atoms with E-state index in [0.717, 1.165) is 6.07 Å². The Hall–Kier alpha value is -1.43. The van der Waals surface area contributed by atoms with Crippen molar-refractivity contribution < 1.29 is 17.4 Å². The molecular formula is C10H6F3NOS. The molecule has 0 saturated carbocycles. The van der Waals surface area contributed by atoms with Crippen molar-refractivity contribution >= 4 is 15.8 Å². The number of hydrogen-bond acceptors (Lipinski definition) is 2. The van der Waals surface area contributed by atoms with E-state index in [2.05, 4.69) is 4.99 Å². The van der Waals surface area contributed by atoms with Crippen LogP contribution in [0.2, 0.25) is 0 Å². The van der Waals surface area contributed by atoms with E-state index in [1.54, 1.807) is 0 Å². The van der Waals surface area contributed by atoms with Crippen LogP contribution in [0.1, 0.15) is 11.1 Å². The monoisotopic (exact) mass is 245 g/mol. The van der Waals surface area contributed by atoms with Gasteiger partial charge in [-0.3, -0.25) is 0 Å². The zero-order valence-corrected chi connectivity index (χ0v) is 8.68. The van der Waals surface area contributed by atoms with Gasteiger partial charge in [-0.05, 0) is 6.07 Å². The molecule has 1 heterocycles. The summed E-state index contributed by atoms with van der Waals surface area (Å²) < 4.78 is 49.3. The number of rotatable bonds is 1. The van der Waals surface area contributed by atoms with Crippen LogP contribution in [-0.2, 0) is 17.0 Å². The second-order valence-electron chi connectivity index (χ2n) is 3.06. The summed E-state index contributed by atoms with van der Waals surface area (Å²) >= 11 is 0. The van der Waals surface area contributed by atoms with Gasteiger partial charge in [-0.15, -0.1) is 0 Å². The average Bonchev–Trinajstić information content (AvgIpc) is 2.63. The van der Waals surface area contributed by atoms with Crippen LogP contribution in [0.4, 0.5) is 13.2 Å². The molecule has 1 aromatic carbocycles. The van der Waals surface area contributed by atoms with Gasteiger partial charge in [0.1, 0.15) is 5.04 Å². The van der Waals surface area contributed by atoms with E-state index in [0.29, 0.717) is 0 Å². The first-order chi connectivity index (χ1) is 7.50. The molecule has 0 amide bonds. The molecule has 84 valence electrons. The minimum absolute atomic E-state index is 0.0482. The fourth-order valence-electron chi connectivity index (χ4n) is 1.36. The molecule has 0 aliphatic carbocycles. The third-order valence-corrected chi connectivity index (χ3v) is 3.11. The first-order valence-electron chi connectivity index (χ1n) is 4.32. The van der Waals surface area contributed by atoms with Crippen molar-refractivity contribution in [1.82, 2.24) is 0 Å². The van der Waals surface area contributed by atoms with Crippen molar-refractivity contribution in [3.8, 4) is 0 Å². The molecule has 1 aliphatic rings. The lowest BCUT2D eigenvalue weighted by Gasteiger charge is -2.11. The van der Waals surface area contributed by atoms with Crippen molar-refractivity contribution in [2.24, 2.45) is 4.99 Å². The van der Waals surface area contributed by atoms with Crippen molar-refractivity contribution in [2.75, 3.05) is 0 Å². The molecular weight excluding hydrogens is 239 g/mol. The van der Waals surface area contributed by atoms with Crippen LogP contribution in [0, 0.1) is 0 Å². The number of alkyl halides is 3. The van der Waals surface area contributed by atoms with Gasteiger partial charge in [-0.2, -0.15) is 13.2 Å². The lowest BCUT2D eigenvalue weighted by atomic mass is 10.1. The lowest BCUT2D eigenvalue weighted by Crippen LogP contribution is -2.14. The third kappa shape index (κ3) is 1.92. The summed E-state index contributed by atoms with van der Waals surface area (Å²) in [4.78, 5) is 3.70. The van der Waals surface area contributed by atoms with Gasteiger partial charge in [0.15, 0.2) is 0 Å². The molecule has 0 bridgehead atoms. The van der Waals surface area contributed by atoms with E-state index < -0.39 is 22.5 Å². The van der Waals surface area contributed by atoms with Gasteiger partial charge in [0.05, 0.1) is 16.4 Å². The van der Waals surface area contributed by atoms with Gasteiger partial charge in [0.2, 0.25) is 0 Å². The molecule has 0 spiro atoms. The second kappa shape index (κ2) is 3.86. The van der Waals surface area contributed by atoms with Gasteiger partial charge in [0, 0.05) is 17.2 Å². The molecule has 1 unspecified atom stereocenters. The zero-order chi connectivity index (χ0) is 11.8. The fraction of sp³-hybridized carbons (Fsp3) is 0.100. The summed E-state index contributed by atoms with van der Waals surface area (Å²) in [7, 11) is -1.59. The summed E-state index contributed by atoms with van der Waals surface area (Å²) in [6.45, 7) is 0. The Morgan fingerprint density at radius 1 is 1.19 bits per heavy atom. The molecule has 0 saturated heterocycles. The zero-order valence-electron chi connectivity index (χ0n) is 7.86. The van der Waals surface area contributed by atoms with Crippen LogP contribution in [0.5, 0.6) is 0 Å². The second-order valence-corrected chi connectivity index (χ2v) is 4.31. The van der Waals surface area contributed by atoms with Gasteiger partial charge in [-0.1, -0.05) is 18.2 Å². The third-order valence-electron chi connectivity index (χ3n) is 2.03. The molecule has 16 heavy (non-hydrogen) atoms. The number of aliphatic imine (C=N–C) groups is 1. The minimum atomic E-state index is -4.47. The van der Waals surface area contributed by atoms with Gasteiger partial charge in [0.25, 0.3) is 0 Å². The molecule has 0 aromatic heterocycles. The topological polar surface area (TPSA) is 29.4 Å². The summed E-state index contributed by atoms with van der Waals surface area (Å²) in [5.41, 5.74) is -0.941. The summed E-state index contributed by atoms with van der Waals surface area (Å²) in [6.07, 6.45) is -3.22. The highest BCUT2D eigenvalue weighted by atomic mass is 32.2. The number of halogens is 3. The van der Waals surface area contributed by atoms with Crippen LogP contribution >= 0.6 is 0 Å². The Morgan fingerprint density at radius 3 is 2.44 bits per heavy atom. The van der Waals surface area contributed by atoms with Crippen molar-refractivity contribution in [1.29, 1.82) is 0 Å². The van der Waals surface area contributed by atoms with Crippen molar-refractivity contribution in [3.05, 3.63) is 47.0 Å². The number of benzene rings is 1. The quantitative estimate of drug-likeness (QED) is 0.748. The van der Waals surface area contributed by atoms with Crippen molar-refractivity contribution in [2.45, 2.75) is 6.18 Å². The van der Waals surface area contributed by atoms with Crippen LogP contribution in [0.25, 0.3) is 0 Å². The molecule has 6 heteroatoms. The Labute approximate surface area is 92.0 Å². The largest absolute Gasteiger partial charge is 0.417 e. The minimum Gasteiger partial charge on any atom is -0.248 e. The SMILES string of the molecule is O=S1C=CN=C1c1ccccc1C(F)(F)F. The summed E-state index contributed by atoms with van der Waals surface area (Å²) in [6, 6.07) is 4.97. The highest BCUT2D eigenvalue weighted by molar-refractivity contribution is 8.04. The van der Waals surface area contributed by atoms with E-state index >= 15 is 0 Å². The molecule has 2 nitrogen and oxygen atoms in total. The van der Waals surface area contributed by atoms with Crippen molar-refractivity contribution in [3.63, 3.8) is 0 Å². The first-order valence-corrected chi connectivity index (χ1v) is 5.53. The van der Waals surface area contributed by atoms with Crippen LogP contribution < -0.4 is 0 Å². The predicted molar refractivity (Wildman–Crippen MR) is 55.3 cm³/mol. The van der Waals surface area contributed by atoms with E-state index in [1.807, 2.05) is 0 Å². The van der Waals surface area contributed by atoms with E-state index in [9.17, 15) is 17.4 Å². The fourth-order valence-corrected chi connectivity index (χ4v) is 2.22. The van der Waals surface area contributed by atoms with Gasteiger partial charge < -0.3 is 0 Å². The molecule has 1 aromatic rings. The molecule has 2 rings (SSSR count). The normalized spacial score (nSPS) is 19.9. The van der Waals surface area contributed by atoms with E-state index in [1.165, 1.54) is 29.8 Å². The van der Waals surface area contributed by atoms with Crippen LogP contribution in [0.15, 0.2) is 40.9 Å². The first kappa shape index (κ1) is 11.1. The van der Waals surface area contributed by atoms with Gasteiger partial charge in [-0.25, -0.2) is 9.20 Å². The van der Waals surface area contributed by atoms with Crippen LogP contribution in [0.3, 0.4) is 0 Å². The Kier molecular flexibility index (Phi) is 2.67. The standard InChI is InChI=1S/C10H6F3NOS/c11-10(12,13)8-4-2-1-3-7(8)9-14-5-6-16(9)15/h1-6H. The maximum absolute atomic E-state index is 12.7. The van der Waals surface area contributed by atoms with Gasteiger partial charge >= 0.3 is 6.18 Å². The number of nitrogens with zero attached hydrogens (tertiary/aromatic N) is 1. The Balaban J connectivity index is 2.54.